The molecule has 2 N–H and O–H groups in total. The number of sulfonamides is 1. The fourth-order valence-electron chi connectivity index (χ4n) is 2.56. The summed E-state index contributed by atoms with van der Waals surface area (Å²) >= 11 is 0. The summed E-state index contributed by atoms with van der Waals surface area (Å²) in [6.07, 6.45) is 9.27. The highest BCUT2D eigenvalue weighted by atomic mass is 127. The molecule has 0 bridgehead atoms. The molecule has 0 saturated carbocycles. The van der Waals surface area contributed by atoms with Gasteiger partial charge in [-0.3, -0.25) is 4.99 Å². The van der Waals surface area contributed by atoms with Crippen molar-refractivity contribution in [3.63, 3.8) is 0 Å². The number of allylic oxidation sites excluding steroid dienone is 1. The van der Waals surface area contributed by atoms with Gasteiger partial charge in [-0.1, -0.05) is 11.6 Å². The third-order valence-corrected chi connectivity index (χ3v) is 5.99. The number of rotatable bonds is 9. The Bertz CT molecular complexity index is 506. The molecule has 142 valence electrons. The molecule has 0 fully saturated rings. The number of halogens is 1. The van der Waals surface area contributed by atoms with Crippen LogP contribution in [0.5, 0.6) is 0 Å². The molecule has 6 nitrogen and oxygen atoms in total. The van der Waals surface area contributed by atoms with Crippen LogP contribution in [0.3, 0.4) is 0 Å². The van der Waals surface area contributed by atoms with Crippen LogP contribution < -0.4 is 10.6 Å². The third-order valence-electron chi connectivity index (χ3n) is 4.13. The van der Waals surface area contributed by atoms with Gasteiger partial charge in [0.05, 0.1) is 5.75 Å². The zero-order chi connectivity index (χ0) is 17.1. The number of guanidine groups is 1. The van der Waals surface area contributed by atoms with Gasteiger partial charge in [-0.15, -0.1) is 24.0 Å². The van der Waals surface area contributed by atoms with E-state index in [0.717, 1.165) is 25.3 Å². The van der Waals surface area contributed by atoms with E-state index in [1.807, 2.05) is 0 Å². The Morgan fingerprint density at radius 2 is 2.00 bits per heavy atom. The molecule has 24 heavy (non-hydrogen) atoms. The van der Waals surface area contributed by atoms with Gasteiger partial charge in [0.2, 0.25) is 10.0 Å². The van der Waals surface area contributed by atoms with Crippen LogP contribution in [0, 0.1) is 0 Å². The molecule has 1 aliphatic rings. The van der Waals surface area contributed by atoms with Crippen LogP contribution in [-0.4, -0.2) is 58.2 Å². The van der Waals surface area contributed by atoms with E-state index in [-0.39, 0.29) is 29.7 Å². The van der Waals surface area contributed by atoms with Gasteiger partial charge < -0.3 is 10.6 Å². The summed E-state index contributed by atoms with van der Waals surface area (Å²) in [5.74, 6) is 0.929. The van der Waals surface area contributed by atoms with Gasteiger partial charge in [-0.25, -0.2) is 12.7 Å². The SMILES string of the molecule is CCS(=O)(=O)N(C)CCCNC(=NC)NCCC1=CCCCC1.I. The maximum atomic E-state index is 11.6. The molecule has 0 aromatic carbocycles. The summed E-state index contributed by atoms with van der Waals surface area (Å²) < 4.78 is 24.7. The van der Waals surface area contributed by atoms with E-state index in [4.69, 9.17) is 0 Å². The van der Waals surface area contributed by atoms with Gasteiger partial charge in [-0.2, -0.15) is 0 Å². The average Bonchev–Trinajstić information content (AvgIpc) is 2.57. The van der Waals surface area contributed by atoms with Crippen LogP contribution in [-0.2, 0) is 10.0 Å². The van der Waals surface area contributed by atoms with Crippen LogP contribution in [0.2, 0.25) is 0 Å². The Morgan fingerprint density at radius 3 is 2.58 bits per heavy atom. The summed E-state index contributed by atoms with van der Waals surface area (Å²) in [5.41, 5.74) is 1.55. The Labute approximate surface area is 164 Å². The smallest absolute Gasteiger partial charge is 0.213 e. The van der Waals surface area contributed by atoms with Crippen molar-refractivity contribution < 1.29 is 8.42 Å². The maximum absolute atomic E-state index is 11.6. The standard InChI is InChI=1S/C16H32N4O2S.HI/c1-4-23(21,22)20(3)14-8-12-18-16(17-2)19-13-11-15-9-6-5-7-10-15;/h9H,4-8,10-14H2,1-3H3,(H2,17,18,19);1H. The van der Waals surface area contributed by atoms with Gasteiger partial charge in [-0.05, 0) is 45.4 Å². The maximum Gasteiger partial charge on any atom is 0.213 e. The molecular weight excluding hydrogens is 439 g/mol. The Hall–Kier alpha value is -0.350. The van der Waals surface area contributed by atoms with E-state index in [0.29, 0.717) is 13.1 Å². The number of hydrogen-bond donors (Lipinski definition) is 2. The second-order valence-corrected chi connectivity index (χ2v) is 8.22. The molecule has 0 aromatic heterocycles. The lowest BCUT2D eigenvalue weighted by molar-refractivity contribution is 0.461. The van der Waals surface area contributed by atoms with E-state index in [2.05, 4.69) is 21.7 Å². The van der Waals surface area contributed by atoms with Crippen molar-refractivity contribution in [3.05, 3.63) is 11.6 Å². The van der Waals surface area contributed by atoms with E-state index >= 15 is 0 Å². The lowest BCUT2D eigenvalue weighted by atomic mass is 9.97. The predicted molar refractivity (Wildman–Crippen MR) is 113 cm³/mol. The zero-order valence-corrected chi connectivity index (χ0v) is 18.3. The summed E-state index contributed by atoms with van der Waals surface area (Å²) in [5, 5.41) is 6.54. The number of nitrogens with one attached hydrogen (secondary N) is 2. The molecule has 0 spiro atoms. The lowest BCUT2D eigenvalue weighted by Crippen LogP contribution is -2.39. The number of aliphatic imine (C=N–C) groups is 1. The fourth-order valence-corrected chi connectivity index (χ4v) is 3.41. The monoisotopic (exact) mass is 472 g/mol. The first kappa shape index (κ1) is 23.6. The van der Waals surface area contributed by atoms with Crippen LogP contribution in [0.4, 0.5) is 0 Å². The van der Waals surface area contributed by atoms with Crippen molar-refractivity contribution in [1.29, 1.82) is 0 Å². The first-order valence-corrected chi connectivity index (χ1v) is 10.2. The minimum absolute atomic E-state index is 0. The molecule has 1 rings (SSSR count). The second-order valence-electron chi connectivity index (χ2n) is 5.86. The van der Waals surface area contributed by atoms with Crippen molar-refractivity contribution >= 4 is 40.0 Å². The molecule has 0 amide bonds. The zero-order valence-electron chi connectivity index (χ0n) is 15.2. The largest absolute Gasteiger partial charge is 0.356 e. The van der Waals surface area contributed by atoms with Crippen LogP contribution in [0.1, 0.15) is 45.4 Å². The van der Waals surface area contributed by atoms with Gasteiger partial charge >= 0.3 is 0 Å². The molecule has 8 heteroatoms. The van der Waals surface area contributed by atoms with Crippen molar-refractivity contribution in [2.24, 2.45) is 4.99 Å². The predicted octanol–water partition coefficient (Wildman–Crippen LogP) is 2.33. The Morgan fingerprint density at radius 1 is 1.29 bits per heavy atom. The van der Waals surface area contributed by atoms with Gasteiger partial charge in [0.1, 0.15) is 0 Å². The van der Waals surface area contributed by atoms with Gasteiger partial charge in [0.25, 0.3) is 0 Å². The summed E-state index contributed by atoms with van der Waals surface area (Å²) in [7, 11) is 0.304. The average molecular weight is 472 g/mol. The fraction of sp³-hybridized carbons (Fsp3) is 0.812. The van der Waals surface area contributed by atoms with Crippen molar-refractivity contribution in [2.75, 3.05) is 39.5 Å². The summed E-state index contributed by atoms with van der Waals surface area (Å²) in [4.78, 5) is 4.20. The van der Waals surface area contributed by atoms with Crippen molar-refractivity contribution in [2.45, 2.75) is 45.4 Å². The van der Waals surface area contributed by atoms with E-state index in [1.165, 1.54) is 30.0 Å². The molecule has 0 aliphatic heterocycles. The van der Waals surface area contributed by atoms with Crippen LogP contribution in [0.25, 0.3) is 0 Å². The minimum Gasteiger partial charge on any atom is -0.356 e. The Kier molecular flexibility index (Phi) is 12.7. The number of hydrogen-bond acceptors (Lipinski definition) is 3. The first-order chi connectivity index (χ1) is 11.0. The highest BCUT2D eigenvalue weighted by Gasteiger charge is 2.13. The van der Waals surface area contributed by atoms with Crippen molar-refractivity contribution in [3.8, 4) is 0 Å². The highest BCUT2D eigenvalue weighted by Crippen LogP contribution is 2.19. The summed E-state index contributed by atoms with van der Waals surface area (Å²) in [6, 6.07) is 0. The van der Waals surface area contributed by atoms with Crippen LogP contribution >= 0.6 is 24.0 Å². The third kappa shape index (κ3) is 9.22. The first-order valence-electron chi connectivity index (χ1n) is 8.56. The molecule has 0 atom stereocenters. The molecule has 0 heterocycles. The number of nitrogens with zero attached hydrogens (tertiary/aromatic N) is 2. The molecular formula is C16H33IN4O2S. The molecule has 0 saturated heterocycles. The molecule has 0 aromatic rings. The molecule has 0 radical (unpaired) electrons. The Balaban J connectivity index is 0.00000529. The topological polar surface area (TPSA) is 73.8 Å². The van der Waals surface area contributed by atoms with Gasteiger partial charge in [0, 0.05) is 33.7 Å². The quantitative estimate of drug-likeness (QED) is 0.178. The van der Waals surface area contributed by atoms with E-state index in [9.17, 15) is 8.42 Å². The normalized spacial score (nSPS) is 15.7. The van der Waals surface area contributed by atoms with Crippen LogP contribution in [0.15, 0.2) is 16.6 Å². The molecule has 1 aliphatic carbocycles. The summed E-state index contributed by atoms with van der Waals surface area (Å²) in [6.45, 7) is 3.77. The lowest BCUT2D eigenvalue weighted by Gasteiger charge is -2.17. The second kappa shape index (κ2) is 12.9. The minimum atomic E-state index is -3.08. The van der Waals surface area contributed by atoms with E-state index < -0.39 is 10.0 Å². The van der Waals surface area contributed by atoms with Gasteiger partial charge in [0.15, 0.2) is 5.96 Å². The van der Waals surface area contributed by atoms with E-state index in [1.54, 1.807) is 26.6 Å². The van der Waals surface area contributed by atoms with Crippen molar-refractivity contribution in [1.82, 2.24) is 14.9 Å². The molecule has 0 unspecified atom stereocenters. The highest BCUT2D eigenvalue weighted by molar-refractivity contribution is 14.0.